The SMILES string of the molecule is O=C(CC(=O)c1ccc2c(c1)-c1ccccc1C2)c1cccnc1. The van der Waals surface area contributed by atoms with E-state index < -0.39 is 0 Å². The highest BCUT2D eigenvalue weighted by atomic mass is 16.1. The summed E-state index contributed by atoms with van der Waals surface area (Å²) in [5.41, 5.74) is 5.85. The summed E-state index contributed by atoms with van der Waals surface area (Å²) >= 11 is 0. The van der Waals surface area contributed by atoms with Crippen LogP contribution in [0.2, 0.25) is 0 Å². The van der Waals surface area contributed by atoms with Gasteiger partial charge in [-0.2, -0.15) is 0 Å². The van der Waals surface area contributed by atoms with Gasteiger partial charge < -0.3 is 0 Å². The van der Waals surface area contributed by atoms with Crippen molar-refractivity contribution < 1.29 is 9.59 Å². The van der Waals surface area contributed by atoms with Crippen molar-refractivity contribution in [3.63, 3.8) is 0 Å². The maximum atomic E-state index is 12.5. The van der Waals surface area contributed by atoms with E-state index in [1.54, 1.807) is 18.3 Å². The van der Waals surface area contributed by atoms with Gasteiger partial charge in [0.2, 0.25) is 0 Å². The summed E-state index contributed by atoms with van der Waals surface area (Å²) in [4.78, 5) is 28.6. The zero-order valence-electron chi connectivity index (χ0n) is 13.0. The van der Waals surface area contributed by atoms with Crippen LogP contribution in [0, 0.1) is 0 Å². The Morgan fingerprint density at radius 1 is 0.833 bits per heavy atom. The maximum Gasteiger partial charge on any atom is 0.172 e. The van der Waals surface area contributed by atoms with Crippen molar-refractivity contribution in [2.24, 2.45) is 0 Å². The van der Waals surface area contributed by atoms with Crippen LogP contribution in [0.25, 0.3) is 11.1 Å². The lowest BCUT2D eigenvalue weighted by atomic mass is 9.98. The van der Waals surface area contributed by atoms with Crippen LogP contribution in [0.4, 0.5) is 0 Å². The van der Waals surface area contributed by atoms with Gasteiger partial charge in [0.05, 0.1) is 6.42 Å². The standard InChI is InChI=1S/C21H15NO2/c23-20(12-21(24)17-5-3-9-22-13-17)16-8-7-15-10-14-4-1-2-6-18(14)19(15)11-16/h1-9,11,13H,10,12H2. The molecule has 2 aromatic carbocycles. The molecule has 1 heterocycles. The summed E-state index contributed by atoms with van der Waals surface area (Å²) in [6.45, 7) is 0. The number of fused-ring (bicyclic) bond motifs is 3. The lowest BCUT2D eigenvalue weighted by molar-refractivity contribution is 0.0894. The Morgan fingerprint density at radius 3 is 2.46 bits per heavy atom. The molecule has 1 aliphatic carbocycles. The molecule has 24 heavy (non-hydrogen) atoms. The molecule has 0 atom stereocenters. The molecule has 0 radical (unpaired) electrons. The van der Waals surface area contributed by atoms with Crippen molar-refractivity contribution in [3.8, 4) is 11.1 Å². The van der Waals surface area contributed by atoms with Crippen molar-refractivity contribution >= 4 is 11.6 Å². The van der Waals surface area contributed by atoms with Crippen LogP contribution in [-0.4, -0.2) is 16.6 Å². The Morgan fingerprint density at radius 2 is 1.62 bits per heavy atom. The average molecular weight is 313 g/mol. The van der Waals surface area contributed by atoms with Gasteiger partial charge in [-0.15, -0.1) is 0 Å². The van der Waals surface area contributed by atoms with Crippen molar-refractivity contribution in [1.82, 2.24) is 4.98 Å². The Balaban J connectivity index is 1.60. The second-order valence-corrected chi connectivity index (χ2v) is 5.97. The molecule has 4 rings (SSSR count). The number of rotatable bonds is 4. The van der Waals surface area contributed by atoms with Gasteiger partial charge in [0, 0.05) is 23.5 Å². The smallest absolute Gasteiger partial charge is 0.172 e. The van der Waals surface area contributed by atoms with Crippen molar-refractivity contribution in [1.29, 1.82) is 0 Å². The van der Waals surface area contributed by atoms with Gasteiger partial charge in [0.25, 0.3) is 0 Å². The molecule has 1 aliphatic rings. The first-order valence-corrected chi connectivity index (χ1v) is 7.90. The molecule has 0 amide bonds. The van der Waals surface area contributed by atoms with E-state index in [2.05, 4.69) is 17.1 Å². The number of pyridine rings is 1. The topological polar surface area (TPSA) is 47.0 Å². The zero-order chi connectivity index (χ0) is 16.5. The second-order valence-electron chi connectivity index (χ2n) is 5.97. The summed E-state index contributed by atoms with van der Waals surface area (Å²) in [5.74, 6) is -0.356. The molecule has 0 N–H and O–H groups in total. The minimum Gasteiger partial charge on any atom is -0.294 e. The fourth-order valence-electron chi connectivity index (χ4n) is 3.17. The Hall–Kier alpha value is -3.07. The molecule has 0 aliphatic heterocycles. The third-order valence-corrected chi connectivity index (χ3v) is 4.42. The highest BCUT2D eigenvalue weighted by molar-refractivity contribution is 6.13. The van der Waals surface area contributed by atoms with Crippen molar-refractivity contribution in [2.45, 2.75) is 12.8 Å². The van der Waals surface area contributed by atoms with Gasteiger partial charge >= 0.3 is 0 Å². The van der Waals surface area contributed by atoms with Crippen molar-refractivity contribution in [3.05, 3.63) is 89.2 Å². The number of nitrogens with zero attached hydrogens (tertiary/aromatic N) is 1. The minimum absolute atomic E-state index is 0.133. The van der Waals surface area contributed by atoms with Crippen LogP contribution in [0.5, 0.6) is 0 Å². The molecule has 0 unspecified atom stereocenters. The van der Waals surface area contributed by atoms with Gasteiger partial charge in [-0.05, 0) is 46.9 Å². The largest absolute Gasteiger partial charge is 0.294 e. The fraction of sp³-hybridized carbons (Fsp3) is 0.0952. The van der Waals surface area contributed by atoms with Crippen LogP contribution < -0.4 is 0 Å². The van der Waals surface area contributed by atoms with E-state index in [4.69, 9.17) is 0 Å². The molecule has 0 saturated carbocycles. The van der Waals surface area contributed by atoms with Gasteiger partial charge in [-0.25, -0.2) is 0 Å². The van der Waals surface area contributed by atoms with E-state index in [1.807, 2.05) is 30.3 Å². The summed E-state index contributed by atoms with van der Waals surface area (Å²) in [5, 5.41) is 0. The van der Waals surface area contributed by atoms with Crippen LogP contribution in [0.15, 0.2) is 67.0 Å². The fourth-order valence-corrected chi connectivity index (χ4v) is 3.17. The summed E-state index contributed by atoms with van der Waals surface area (Å²) in [7, 11) is 0. The van der Waals surface area contributed by atoms with Gasteiger partial charge in [-0.3, -0.25) is 14.6 Å². The third kappa shape index (κ3) is 2.54. The third-order valence-electron chi connectivity index (χ3n) is 4.42. The first kappa shape index (κ1) is 14.5. The highest BCUT2D eigenvalue weighted by Crippen LogP contribution is 2.36. The summed E-state index contributed by atoms with van der Waals surface area (Å²) < 4.78 is 0. The number of hydrogen-bond donors (Lipinski definition) is 0. The van der Waals surface area contributed by atoms with Crippen LogP contribution in [0.1, 0.15) is 38.3 Å². The molecular formula is C21H15NO2. The van der Waals surface area contributed by atoms with Crippen molar-refractivity contribution in [2.75, 3.05) is 0 Å². The first-order valence-electron chi connectivity index (χ1n) is 7.90. The van der Waals surface area contributed by atoms with E-state index in [0.29, 0.717) is 11.1 Å². The van der Waals surface area contributed by atoms with Crippen LogP contribution >= 0.6 is 0 Å². The second kappa shape index (κ2) is 5.85. The van der Waals surface area contributed by atoms with E-state index in [-0.39, 0.29) is 18.0 Å². The zero-order valence-corrected chi connectivity index (χ0v) is 13.0. The predicted molar refractivity (Wildman–Crippen MR) is 92.2 cm³/mol. The van der Waals surface area contributed by atoms with Gasteiger partial charge in [0.1, 0.15) is 0 Å². The van der Waals surface area contributed by atoms with Gasteiger partial charge in [-0.1, -0.05) is 36.4 Å². The predicted octanol–water partition coefficient (Wildman–Crippen LogP) is 4.11. The summed E-state index contributed by atoms with van der Waals surface area (Å²) in [6.07, 6.45) is 3.87. The number of Topliss-reactive ketones (excluding diaryl/α,β-unsaturated/α-hetero) is 2. The number of carbonyl (C=O) groups excluding carboxylic acids is 2. The number of aromatic nitrogens is 1. The number of benzene rings is 2. The highest BCUT2D eigenvalue weighted by Gasteiger charge is 2.20. The quantitative estimate of drug-likeness (QED) is 0.421. The molecule has 3 heteroatoms. The normalized spacial score (nSPS) is 11.7. The Bertz CT molecular complexity index is 945. The van der Waals surface area contributed by atoms with E-state index >= 15 is 0 Å². The molecule has 0 bridgehead atoms. The number of carbonyl (C=O) groups is 2. The minimum atomic E-state index is -0.200. The Labute approximate surface area is 140 Å². The Kier molecular flexibility index (Phi) is 3.54. The van der Waals surface area contributed by atoms with E-state index in [1.165, 1.54) is 22.9 Å². The molecule has 0 fully saturated rings. The maximum absolute atomic E-state index is 12.5. The number of hydrogen-bond acceptors (Lipinski definition) is 3. The number of ketones is 2. The monoisotopic (exact) mass is 313 g/mol. The molecule has 3 aromatic rings. The lowest BCUT2D eigenvalue weighted by Gasteiger charge is -2.05. The van der Waals surface area contributed by atoms with Gasteiger partial charge in [0.15, 0.2) is 11.6 Å². The lowest BCUT2D eigenvalue weighted by Crippen LogP contribution is -2.09. The molecule has 0 saturated heterocycles. The van der Waals surface area contributed by atoms with Crippen LogP contribution in [-0.2, 0) is 6.42 Å². The molecule has 0 spiro atoms. The van der Waals surface area contributed by atoms with E-state index in [9.17, 15) is 9.59 Å². The average Bonchev–Trinajstić information content (AvgIpc) is 3.00. The molecule has 1 aromatic heterocycles. The first-order chi connectivity index (χ1) is 11.7. The van der Waals surface area contributed by atoms with E-state index in [0.717, 1.165) is 12.0 Å². The molecule has 116 valence electrons. The van der Waals surface area contributed by atoms with Crippen LogP contribution in [0.3, 0.4) is 0 Å². The summed E-state index contributed by atoms with van der Waals surface area (Å²) in [6, 6.07) is 17.4. The molecule has 3 nitrogen and oxygen atoms in total. The molecular weight excluding hydrogens is 298 g/mol.